The first-order valence-electron chi connectivity index (χ1n) is 6.69. The number of carbonyl (C=O) groups excluding carboxylic acids is 2. The molecule has 0 radical (unpaired) electrons. The van der Waals surface area contributed by atoms with Gasteiger partial charge in [0.05, 0.1) is 0 Å². The quantitative estimate of drug-likeness (QED) is 0.887. The van der Waals surface area contributed by atoms with Crippen LogP contribution >= 0.6 is 0 Å². The predicted molar refractivity (Wildman–Crippen MR) is 77.2 cm³/mol. The van der Waals surface area contributed by atoms with Crippen molar-refractivity contribution in [2.75, 3.05) is 18.4 Å². The maximum Gasteiger partial charge on any atom is 0.253 e. The zero-order chi connectivity index (χ0) is 14.4. The molecule has 1 aromatic rings. The Morgan fingerprint density at radius 2 is 1.63 bits per heavy atom. The van der Waals surface area contributed by atoms with Crippen molar-refractivity contribution >= 4 is 17.5 Å². The minimum Gasteiger partial charge on any atom is -0.339 e. The molecule has 1 aromatic carbocycles. The monoisotopic (exact) mass is 262 g/mol. The summed E-state index contributed by atoms with van der Waals surface area (Å²) in [6.07, 6.45) is 0. The number of hydrogen-bond acceptors (Lipinski definition) is 2. The van der Waals surface area contributed by atoms with Crippen LogP contribution in [0.25, 0.3) is 0 Å². The van der Waals surface area contributed by atoms with Crippen molar-refractivity contribution in [2.45, 2.75) is 27.7 Å². The number of anilines is 1. The number of nitrogens with one attached hydrogen (secondary N) is 1. The predicted octanol–water partition coefficient (Wildman–Crippen LogP) is 2.76. The van der Waals surface area contributed by atoms with Crippen molar-refractivity contribution in [1.82, 2.24) is 4.90 Å². The molecule has 0 saturated carbocycles. The molecule has 1 rings (SSSR count). The van der Waals surface area contributed by atoms with E-state index in [2.05, 4.69) is 5.32 Å². The number of rotatable bonds is 5. The summed E-state index contributed by atoms with van der Waals surface area (Å²) < 4.78 is 0. The van der Waals surface area contributed by atoms with Crippen LogP contribution in [-0.2, 0) is 4.79 Å². The highest BCUT2D eigenvalue weighted by atomic mass is 16.2. The first-order valence-corrected chi connectivity index (χ1v) is 6.69. The van der Waals surface area contributed by atoms with Crippen LogP contribution in [0.2, 0.25) is 0 Å². The highest BCUT2D eigenvalue weighted by Gasteiger charge is 2.12. The molecule has 0 fully saturated rings. The Morgan fingerprint density at radius 3 is 2.05 bits per heavy atom. The lowest BCUT2D eigenvalue weighted by Gasteiger charge is -2.18. The molecule has 0 unspecified atom stereocenters. The van der Waals surface area contributed by atoms with E-state index >= 15 is 0 Å². The Bertz CT molecular complexity index is 434. The van der Waals surface area contributed by atoms with E-state index in [1.54, 1.807) is 29.2 Å². The van der Waals surface area contributed by atoms with Gasteiger partial charge in [-0.25, -0.2) is 0 Å². The molecule has 0 aliphatic rings. The maximum absolute atomic E-state index is 12.1. The number of hydrogen-bond donors (Lipinski definition) is 1. The van der Waals surface area contributed by atoms with Crippen molar-refractivity contribution in [3.8, 4) is 0 Å². The summed E-state index contributed by atoms with van der Waals surface area (Å²) in [6, 6.07) is 7.02. The minimum absolute atomic E-state index is 0.0201. The molecule has 0 aliphatic carbocycles. The molecule has 0 aliphatic heterocycles. The lowest BCUT2D eigenvalue weighted by molar-refractivity contribution is -0.118. The average molecular weight is 262 g/mol. The smallest absolute Gasteiger partial charge is 0.253 e. The van der Waals surface area contributed by atoms with Gasteiger partial charge in [-0.1, -0.05) is 13.8 Å². The Hall–Kier alpha value is -1.84. The number of nitrogens with zero attached hydrogens (tertiary/aromatic N) is 1. The molecule has 0 bridgehead atoms. The van der Waals surface area contributed by atoms with E-state index < -0.39 is 0 Å². The fraction of sp³-hybridized carbons (Fsp3) is 0.467. The summed E-state index contributed by atoms with van der Waals surface area (Å²) in [4.78, 5) is 25.4. The molecule has 2 amide bonds. The van der Waals surface area contributed by atoms with E-state index in [9.17, 15) is 9.59 Å². The minimum atomic E-state index is -0.0583. The van der Waals surface area contributed by atoms with Crippen LogP contribution in [0.5, 0.6) is 0 Å². The summed E-state index contributed by atoms with van der Waals surface area (Å²) in [6.45, 7) is 8.99. The van der Waals surface area contributed by atoms with Gasteiger partial charge in [0.15, 0.2) is 0 Å². The number of benzene rings is 1. The zero-order valence-corrected chi connectivity index (χ0v) is 12.1. The van der Waals surface area contributed by atoms with Gasteiger partial charge >= 0.3 is 0 Å². The molecule has 0 saturated heterocycles. The molecule has 0 spiro atoms. The third-order valence-electron chi connectivity index (χ3n) is 2.97. The van der Waals surface area contributed by atoms with Gasteiger partial charge in [-0.15, -0.1) is 0 Å². The third kappa shape index (κ3) is 4.09. The van der Waals surface area contributed by atoms with E-state index in [-0.39, 0.29) is 17.7 Å². The SMILES string of the molecule is CCN(CC)C(=O)c1ccc(NC(=O)C(C)C)cc1. The molecule has 0 atom stereocenters. The summed E-state index contributed by atoms with van der Waals surface area (Å²) >= 11 is 0. The van der Waals surface area contributed by atoms with Gasteiger partial charge in [0.1, 0.15) is 0 Å². The number of carbonyl (C=O) groups is 2. The van der Waals surface area contributed by atoms with Gasteiger partial charge in [-0.3, -0.25) is 9.59 Å². The largest absolute Gasteiger partial charge is 0.339 e. The fourth-order valence-electron chi connectivity index (χ4n) is 1.68. The normalized spacial score (nSPS) is 10.4. The van der Waals surface area contributed by atoms with Crippen LogP contribution in [0.4, 0.5) is 5.69 Å². The van der Waals surface area contributed by atoms with E-state index in [0.29, 0.717) is 18.7 Å². The number of amides is 2. The van der Waals surface area contributed by atoms with Crippen molar-refractivity contribution in [3.05, 3.63) is 29.8 Å². The van der Waals surface area contributed by atoms with Gasteiger partial charge < -0.3 is 10.2 Å². The van der Waals surface area contributed by atoms with E-state index in [4.69, 9.17) is 0 Å². The molecule has 0 aromatic heterocycles. The van der Waals surface area contributed by atoms with Crippen LogP contribution in [0.15, 0.2) is 24.3 Å². The Morgan fingerprint density at radius 1 is 1.11 bits per heavy atom. The van der Waals surface area contributed by atoms with Crippen molar-refractivity contribution in [1.29, 1.82) is 0 Å². The molecule has 0 heterocycles. The lowest BCUT2D eigenvalue weighted by atomic mass is 10.1. The fourth-order valence-corrected chi connectivity index (χ4v) is 1.68. The summed E-state index contributed by atoms with van der Waals surface area (Å²) in [7, 11) is 0. The second-order valence-electron chi connectivity index (χ2n) is 4.70. The van der Waals surface area contributed by atoms with E-state index in [0.717, 1.165) is 5.69 Å². The van der Waals surface area contributed by atoms with Crippen LogP contribution < -0.4 is 5.32 Å². The molecule has 4 nitrogen and oxygen atoms in total. The first kappa shape index (κ1) is 15.2. The zero-order valence-electron chi connectivity index (χ0n) is 12.1. The Balaban J connectivity index is 2.76. The highest BCUT2D eigenvalue weighted by Crippen LogP contribution is 2.12. The Kier molecular flexibility index (Phi) is 5.55. The summed E-state index contributed by atoms with van der Waals surface area (Å²) in [5.74, 6) is -0.0634. The third-order valence-corrected chi connectivity index (χ3v) is 2.97. The molecule has 104 valence electrons. The second kappa shape index (κ2) is 6.92. The summed E-state index contributed by atoms with van der Waals surface area (Å²) in [5, 5.41) is 2.80. The van der Waals surface area contributed by atoms with Gasteiger partial charge in [0.25, 0.3) is 5.91 Å². The first-order chi connectivity index (χ1) is 8.99. The van der Waals surface area contributed by atoms with Gasteiger partial charge in [0.2, 0.25) is 5.91 Å². The standard InChI is InChI=1S/C15H22N2O2/c1-5-17(6-2)15(19)12-7-9-13(10-8-12)16-14(18)11(3)4/h7-11H,5-6H2,1-4H3,(H,16,18). The van der Waals surface area contributed by atoms with E-state index in [1.165, 1.54) is 0 Å². The molecule has 1 N–H and O–H groups in total. The van der Waals surface area contributed by atoms with Crippen molar-refractivity contribution in [3.63, 3.8) is 0 Å². The van der Waals surface area contributed by atoms with Gasteiger partial charge in [0, 0.05) is 30.3 Å². The van der Waals surface area contributed by atoms with Crippen LogP contribution in [0.3, 0.4) is 0 Å². The van der Waals surface area contributed by atoms with Crippen LogP contribution in [-0.4, -0.2) is 29.8 Å². The van der Waals surface area contributed by atoms with Crippen LogP contribution in [0, 0.1) is 5.92 Å². The van der Waals surface area contributed by atoms with Crippen molar-refractivity contribution in [2.24, 2.45) is 5.92 Å². The van der Waals surface area contributed by atoms with Gasteiger partial charge in [-0.2, -0.15) is 0 Å². The maximum atomic E-state index is 12.1. The van der Waals surface area contributed by atoms with E-state index in [1.807, 2.05) is 27.7 Å². The molecular weight excluding hydrogens is 240 g/mol. The summed E-state index contributed by atoms with van der Waals surface area (Å²) in [5.41, 5.74) is 1.36. The topological polar surface area (TPSA) is 49.4 Å². The highest BCUT2D eigenvalue weighted by molar-refractivity contribution is 5.96. The average Bonchev–Trinajstić information content (AvgIpc) is 2.40. The van der Waals surface area contributed by atoms with Crippen molar-refractivity contribution < 1.29 is 9.59 Å². The molecule has 19 heavy (non-hydrogen) atoms. The lowest BCUT2D eigenvalue weighted by Crippen LogP contribution is -2.30. The van der Waals surface area contributed by atoms with Crippen LogP contribution in [0.1, 0.15) is 38.1 Å². The van der Waals surface area contributed by atoms with Gasteiger partial charge in [-0.05, 0) is 38.1 Å². The molecular formula is C15H22N2O2. The molecule has 4 heteroatoms. The Labute approximate surface area is 114 Å². The second-order valence-corrected chi connectivity index (χ2v) is 4.70.